The number of piperazine rings is 1. The van der Waals surface area contributed by atoms with Gasteiger partial charge in [-0.25, -0.2) is 0 Å². The van der Waals surface area contributed by atoms with Crippen LogP contribution in [0.4, 0.5) is 0 Å². The van der Waals surface area contributed by atoms with Gasteiger partial charge in [-0.3, -0.25) is 14.5 Å². The third-order valence-electron chi connectivity index (χ3n) is 4.24. The van der Waals surface area contributed by atoms with Crippen LogP contribution in [0.25, 0.3) is 0 Å². The highest BCUT2D eigenvalue weighted by Gasteiger charge is 2.22. The Morgan fingerprint density at radius 3 is 2.50 bits per heavy atom. The van der Waals surface area contributed by atoms with Gasteiger partial charge in [0.15, 0.2) is 6.61 Å². The third-order valence-corrected chi connectivity index (χ3v) is 5.45. The van der Waals surface area contributed by atoms with E-state index < -0.39 is 5.91 Å². The predicted octanol–water partition coefficient (Wildman–Crippen LogP) is 2.22. The third kappa shape index (κ3) is 4.75. The van der Waals surface area contributed by atoms with Crippen LogP contribution >= 0.6 is 22.9 Å². The topological polar surface area (TPSA) is 75.9 Å². The second-order valence-electron chi connectivity index (χ2n) is 6.01. The Bertz CT molecular complexity index is 787. The molecule has 2 aromatic rings. The number of nitrogens with two attached hydrogens (primary N) is 1. The van der Waals surface area contributed by atoms with Crippen LogP contribution in [0.15, 0.2) is 36.4 Å². The van der Waals surface area contributed by atoms with Gasteiger partial charge in [-0.1, -0.05) is 23.7 Å². The van der Waals surface area contributed by atoms with E-state index in [9.17, 15) is 9.59 Å². The molecule has 0 aliphatic carbocycles. The lowest BCUT2D eigenvalue weighted by Crippen LogP contribution is -2.49. The molecule has 138 valence electrons. The second-order valence-corrected chi connectivity index (χ2v) is 7.81. The number of rotatable bonds is 6. The summed E-state index contributed by atoms with van der Waals surface area (Å²) in [5.74, 6) is -0.333. The molecule has 0 spiro atoms. The van der Waals surface area contributed by atoms with Gasteiger partial charge in [0, 0.05) is 37.6 Å². The number of ether oxygens (including phenoxy) is 1. The largest absolute Gasteiger partial charge is 0.483 e. The SMILES string of the molecule is NC(=O)c1ccccc1OCC(=O)N1CCN(Cc2ccc(Cl)s2)CC1. The van der Waals surface area contributed by atoms with Gasteiger partial charge in [-0.05, 0) is 24.3 Å². The van der Waals surface area contributed by atoms with Gasteiger partial charge in [0.25, 0.3) is 11.8 Å². The summed E-state index contributed by atoms with van der Waals surface area (Å²) in [6.45, 7) is 3.66. The molecule has 1 aliphatic rings. The van der Waals surface area contributed by atoms with E-state index >= 15 is 0 Å². The van der Waals surface area contributed by atoms with E-state index in [4.69, 9.17) is 22.1 Å². The van der Waals surface area contributed by atoms with Gasteiger partial charge in [-0.2, -0.15) is 0 Å². The fraction of sp³-hybridized carbons (Fsp3) is 0.333. The molecule has 0 atom stereocenters. The van der Waals surface area contributed by atoms with Crippen LogP contribution in [0.5, 0.6) is 5.75 Å². The second kappa shape index (κ2) is 8.53. The van der Waals surface area contributed by atoms with Crippen molar-refractivity contribution in [1.82, 2.24) is 9.80 Å². The highest BCUT2D eigenvalue weighted by Crippen LogP contribution is 2.23. The van der Waals surface area contributed by atoms with E-state index in [-0.39, 0.29) is 18.1 Å². The standard InChI is InChI=1S/C18H20ClN3O3S/c19-16-6-5-13(26-16)11-21-7-9-22(10-8-21)17(23)12-25-15-4-2-1-3-14(15)18(20)24/h1-6H,7-12H2,(H2,20,24). The van der Waals surface area contributed by atoms with Crippen LogP contribution in [0.3, 0.4) is 0 Å². The van der Waals surface area contributed by atoms with Crippen molar-refractivity contribution in [3.63, 3.8) is 0 Å². The molecule has 1 fully saturated rings. The Kier molecular flexibility index (Phi) is 6.13. The zero-order valence-electron chi connectivity index (χ0n) is 14.2. The minimum atomic E-state index is -0.574. The molecule has 1 aromatic carbocycles. The van der Waals surface area contributed by atoms with E-state index in [1.54, 1.807) is 40.5 Å². The fourth-order valence-electron chi connectivity index (χ4n) is 2.84. The van der Waals surface area contributed by atoms with Crippen molar-refractivity contribution < 1.29 is 14.3 Å². The van der Waals surface area contributed by atoms with Crippen molar-refractivity contribution in [3.05, 3.63) is 51.2 Å². The van der Waals surface area contributed by atoms with E-state index in [2.05, 4.69) is 4.90 Å². The van der Waals surface area contributed by atoms with Crippen LogP contribution in [0.1, 0.15) is 15.2 Å². The average molecular weight is 394 g/mol. The van der Waals surface area contributed by atoms with Crippen LogP contribution in [0, 0.1) is 0 Å². The lowest BCUT2D eigenvalue weighted by Gasteiger charge is -2.34. The van der Waals surface area contributed by atoms with Crippen molar-refractivity contribution in [2.24, 2.45) is 5.73 Å². The smallest absolute Gasteiger partial charge is 0.260 e. The molecule has 0 bridgehead atoms. The molecule has 1 aromatic heterocycles. The number of primary amides is 1. The van der Waals surface area contributed by atoms with E-state index in [0.29, 0.717) is 18.8 Å². The maximum atomic E-state index is 12.4. The molecule has 2 heterocycles. The fourth-order valence-corrected chi connectivity index (χ4v) is 3.97. The Morgan fingerprint density at radius 1 is 1.12 bits per heavy atom. The first kappa shape index (κ1) is 18.7. The van der Waals surface area contributed by atoms with Gasteiger partial charge in [-0.15, -0.1) is 11.3 Å². The quantitative estimate of drug-likeness (QED) is 0.816. The number of thiophene rings is 1. The number of carbonyl (C=O) groups is 2. The number of carbonyl (C=O) groups excluding carboxylic acids is 2. The Hall–Kier alpha value is -2.09. The molecular weight excluding hydrogens is 374 g/mol. The van der Waals surface area contributed by atoms with E-state index in [1.807, 2.05) is 12.1 Å². The Balaban J connectivity index is 1.47. The number of benzene rings is 1. The van der Waals surface area contributed by atoms with Crippen LogP contribution in [0.2, 0.25) is 4.34 Å². The van der Waals surface area contributed by atoms with Crippen molar-refractivity contribution in [2.45, 2.75) is 6.54 Å². The zero-order valence-corrected chi connectivity index (χ0v) is 15.8. The number of hydrogen-bond donors (Lipinski definition) is 1. The first-order chi connectivity index (χ1) is 12.5. The summed E-state index contributed by atoms with van der Waals surface area (Å²) in [4.78, 5) is 29.1. The summed E-state index contributed by atoms with van der Waals surface area (Å²) in [5.41, 5.74) is 5.59. The molecule has 2 amide bonds. The van der Waals surface area contributed by atoms with Gasteiger partial charge >= 0.3 is 0 Å². The highest BCUT2D eigenvalue weighted by atomic mass is 35.5. The van der Waals surface area contributed by atoms with E-state index in [0.717, 1.165) is 24.0 Å². The van der Waals surface area contributed by atoms with Crippen molar-refractivity contribution >= 4 is 34.8 Å². The molecule has 6 nitrogen and oxygen atoms in total. The summed E-state index contributed by atoms with van der Waals surface area (Å²) in [7, 11) is 0. The monoisotopic (exact) mass is 393 g/mol. The molecule has 3 rings (SSSR count). The molecule has 0 unspecified atom stereocenters. The lowest BCUT2D eigenvalue weighted by molar-refractivity contribution is -0.135. The molecule has 0 saturated carbocycles. The maximum Gasteiger partial charge on any atom is 0.260 e. The van der Waals surface area contributed by atoms with Gasteiger partial charge in [0.1, 0.15) is 5.75 Å². The maximum absolute atomic E-state index is 12.4. The predicted molar refractivity (Wildman–Crippen MR) is 102 cm³/mol. The molecule has 26 heavy (non-hydrogen) atoms. The molecule has 1 aliphatic heterocycles. The van der Waals surface area contributed by atoms with E-state index in [1.165, 1.54) is 4.88 Å². The Morgan fingerprint density at radius 2 is 1.85 bits per heavy atom. The Labute approximate surface area is 161 Å². The number of halogens is 1. The normalized spacial score (nSPS) is 15.0. The number of hydrogen-bond acceptors (Lipinski definition) is 5. The van der Waals surface area contributed by atoms with Crippen molar-refractivity contribution in [2.75, 3.05) is 32.8 Å². The first-order valence-electron chi connectivity index (χ1n) is 8.29. The summed E-state index contributed by atoms with van der Waals surface area (Å²) < 4.78 is 6.31. The number of nitrogens with zero attached hydrogens (tertiary/aromatic N) is 2. The van der Waals surface area contributed by atoms with Gasteiger partial charge in [0.2, 0.25) is 0 Å². The summed E-state index contributed by atoms with van der Waals surface area (Å²) in [5, 5.41) is 0. The molecule has 2 N–H and O–H groups in total. The summed E-state index contributed by atoms with van der Waals surface area (Å²) in [6, 6.07) is 10.6. The average Bonchev–Trinajstić information content (AvgIpc) is 3.05. The minimum absolute atomic E-state index is 0.0944. The summed E-state index contributed by atoms with van der Waals surface area (Å²) >= 11 is 7.55. The molecule has 1 saturated heterocycles. The molecular formula is C18H20ClN3O3S. The molecule has 0 radical (unpaired) electrons. The summed E-state index contributed by atoms with van der Waals surface area (Å²) in [6.07, 6.45) is 0. The zero-order chi connectivity index (χ0) is 18.5. The number of para-hydroxylation sites is 1. The lowest BCUT2D eigenvalue weighted by atomic mass is 10.2. The first-order valence-corrected chi connectivity index (χ1v) is 9.48. The van der Waals surface area contributed by atoms with Crippen LogP contribution < -0.4 is 10.5 Å². The van der Waals surface area contributed by atoms with Crippen LogP contribution in [-0.4, -0.2) is 54.4 Å². The van der Waals surface area contributed by atoms with Gasteiger partial charge < -0.3 is 15.4 Å². The van der Waals surface area contributed by atoms with Gasteiger partial charge in [0.05, 0.1) is 9.90 Å². The minimum Gasteiger partial charge on any atom is -0.483 e. The van der Waals surface area contributed by atoms with Crippen LogP contribution in [-0.2, 0) is 11.3 Å². The van der Waals surface area contributed by atoms with Crippen molar-refractivity contribution in [1.29, 1.82) is 0 Å². The highest BCUT2D eigenvalue weighted by molar-refractivity contribution is 7.16. The number of amides is 2. The molecule has 8 heteroatoms. The van der Waals surface area contributed by atoms with Crippen molar-refractivity contribution in [3.8, 4) is 5.75 Å².